The minimum atomic E-state index is 0.261. The molecule has 1 unspecified atom stereocenters. The maximum absolute atomic E-state index is 6.03. The lowest BCUT2D eigenvalue weighted by molar-refractivity contribution is 0.233. The third-order valence-corrected chi connectivity index (χ3v) is 4.33. The molecule has 1 aliphatic carbocycles. The predicted octanol–water partition coefficient (Wildman–Crippen LogP) is 3.97. The summed E-state index contributed by atoms with van der Waals surface area (Å²) in [5, 5.41) is 3.66. The number of hydrogen-bond donors (Lipinski definition) is 2. The Labute approximate surface area is 126 Å². The van der Waals surface area contributed by atoms with Crippen LogP contribution in [0.5, 0.6) is 0 Å². The third-order valence-electron chi connectivity index (χ3n) is 4.33. The Morgan fingerprint density at radius 2 is 2.10 bits per heavy atom. The SMILES string of the molecule is Cc1cc2c(o1)CC(C)(C)CC2NCc1ccccc1N. The molecule has 3 nitrogen and oxygen atoms in total. The van der Waals surface area contributed by atoms with E-state index in [9.17, 15) is 0 Å². The zero-order chi connectivity index (χ0) is 15.0. The van der Waals surface area contributed by atoms with E-state index in [1.165, 1.54) is 5.56 Å². The monoisotopic (exact) mass is 284 g/mol. The molecule has 1 heterocycles. The molecule has 0 saturated carbocycles. The molecule has 0 aliphatic heterocycles. The average Bonchev–Trinajstić information content (AvgIpc) is 2.76. The fraction of sp³-hybridized carbons (Fsp3) is 0.444. The number of hydrogen-bond acceptors (Lipinski definition) is 3. The van der Waals surface area contributed by atoms with E-state index >= 15 is 0 Å². The van der Waals surface area contributed by atoms with Gasteiger partial charge in [0, 0.05) is 30.3 Å². The normalized spacial score (nSPS) is 20.2. The number of para-hydroxylation sites is 1. The quantitative estimate of drug-likeness (QED) is 0.838. The Morgan fingerprint density at radius 1 is 1.33 bits per heavy atom. The molecule has 1 aliphatic rings. The fourth-order valence-electron chi connectivity index (χ4n) is 3.30. The van der Waals surface area contributed by atoms with Crippen molar-refractivity contribution in [2.75, 3.05) is 5.73 Å². The van der Waals surface area contributed by atoms with Crippen LogP contribution in [0.3, 0.4) is 0 Å². The number of anilines is 1. The number of furan rings is 1. The topological polar surface area (TPSA) is 51.2 Å². The molecule has 3 N–H and O–H groups in total. The summed E-state index contributed by atoms with van der Waals surface area (Å²) in [4.78, 5) is 0. The minimum absolute atomic E-state index is 0.261. The predicted molar refractivity (Wildman–Crippen MR) is 86.0 cm³/mol. The summed E-state index contributed by atoms with van der Waals surface area (Å²) < 4.78 is 5.88. The molecule has 1 atom stereocenters. The molecular formula is C18H24N2O. The lowest BCUT2D eigenvalue weighted by atomic mass is 9.74. The Kier molecular flexibility index (Phi) is 3.54. The first kappa shape index (κ1) is 14.2. The molecule has 0 radical (unpaired) electrons. The highest BCUT2D eigenvalue weighted by Gasteiger charge is 2.34. The second-order valence-corrected chi connectivity index (χ2v) is 6.91. The van der Waals surface area contributed by atoms with E-state index in [2.05, 4.69) is 31.3 Å². The summed E-state index contributed by atoms with van der Waals surface area (Å²) >= 11 is 0. The van der Waals surface area contributed by atoms with Gasteiger partial charge in [-0.15, -0.1) is 0 Å². The van der Waals surface area contributed by atoms with Crippen LogP contribution in [0.15, 0.2) is 34.7 Å². The van der Waals surface area contributed by atoms with E-state index < -0.39 is 0 Å². The van der Waals surface area contributed by atoms with Crippen molar-refractivity contribution in [2.24, 2.45) is 5.41 Å². The largest absolute Gasteiger partial charge is 0.466 e. The number of benzene rings is 1. The highest BCUT2D eigenvalue weighted by atomic mass is 16.3. The molecule has 21 heavy (non-hydrogen) atoms. The van der Waals surface area contributed by atoms with Gasteiger partial charge in [0.05, 0.1) is 0 Å². The van der Waals surface area contributed by atoms with Crippen molar-refractivity contribution < 1.29 is 4.42 Å². The molecule has 3 heteroatoms. The minimum Gasteiger partial charge on any atom is -0.466 e. The van der Waals surface area contributed by atoms with Crippen molar-refractivity contribution in [3.8, 4) is 0 Å². The van der Waals surface area contributed by atoms with Gasteiger partial charge in [-0.2, -0.15) is 0 Å². The number of fused-ring (bicyclic) bond motifs is 1. The van der Waals surface area contributed by atoms with E-state index in [0.29, 0.717) is 6.04 Å². The van der Waals surface area contributed by atoms with E-state index in [-0.39, 0.29) is 5.41 Å². The second kappa shape index (κ2) is 5.23. The summed E-state index contributed by atoms with van der Waals surface area (Å²) in [6, 6.07) is 10.6. The summed E-state index contributed by atoms with van der Waals surface area (Å²) in [6.07, 6.45) is 2.13. The van der Waals surface area contributed by atoms with Gasteiger partial charge in [-0.05, 0) is 36.5 Å². The highest BCUT2D eigenvalue weighted by molar-refractivity contribution is 5.46. The van der Waals surface area contributed by atoms with Gasteiger partial charge in [0.25, 0.3) is 0 Å². The average molecular weight is 284 g/mol. The van der Waals surface area contributed by atoms with Gasteiger partial charge in [-0.25, -0.2) is 0 Å². The van der Waals surface area contributed by atoms with Crippen LogP contribution in [-0.4, -0.2) is 0 Å². The van der Waals surface area contributed by atoms with Crippen LogP contribution in [0.2, 0.25) is 0 Å². The van der Waals surface area contributed by atoms with Gasteiger partial charge in [0.15, 0.2) is 0 Å². The number of nitrogen functional groups attached to an aromatic ring is 1. The number of nitrogens with one attached hydrogen (secondary N) is 1. The van der Waals surface area contributed by atoms with Crippen molar-refractivity contribution >= 4 is 5.69 Å². The van der Waals surface area contributed by atoms with Crippen LogP contribution in [-0.2, 0) is 13.0 Å². The summed E-state index contributed by atoms with van der Waals surface area (Å²) in [5.74, 6) is 2.14. The van der Waals surface area contributed by atoms with Crippen molar-refractivity contribution in [3.05, 3.63) is 53.0 Å². The van der Waals surface area contributed by atoms with E-state index in [0.717, 1.165) is 42.2 Å². The molecule has 0 fully saturated rings. The molecule has 3 rings (SSSR count). The van der Waals surface area contributed by atoms with E-state index in [1.54, 1.807) is 0 Å². The first-order valence-corrected chi connectivity index (χ1v) is 7.60. The molecule has 112 valence electrons. The van der Waals surface area contributed by atoms with E-state index in [4.69, 9.17) is 10.2 Å². The van der Waals surface area contributed by atoms with Crippen molar-refractivity contribution in [3.63, 3.8) is 0 Å². The van der Waals surface area contributed by atoms with Crippen LogP contribution >= 0.6 is 0 Å². The zero-order valence-corrected chi connectivity index (χ0v) is 13.1. The van der Waals surface area contributed by atoms with Gasteiger partial charge < -0.3 is 15.5 Å². The molecule has 2 aromatic rings. The van der Waals surface area contributed by atoms with Crippen LogP contribution < -0.4 is 11.1 Å². The van der Waals surface area contributed by atoms with Crippen LogP contribution in [0.4, 0.5) is 5.69 Å². The maximum Gasteiger partial charge on any atom is 0.109 e. The van der Waals surface area contributed by atoms with Crippen molar-refractivity contribution in [1.82, 2.24) is 5.32 Å². The van der Waals surface area contributed by atoms with Gasteiger partial charge in [0.1, 0.15) is 11.5 Å². The lowest BCUT2D eigenvalue weighted by Gasteiger charge is -2.35. The summed E-state index contributed by atoms with van der Waals surface area (Å²) in [5.41, 5.74) is 9.62. The molecule has 0 saturated heterocycles. The van der Waals surface area contributed by atoms with Gasteiger partial charge in [-0.3, -0.25) is 0 Å². The number of rotatable bonds is 3. The zero-order valence-electron chi connectivity index (χ0n) is 13.1. The Morgan fingerprint density at radius 3 is 2.86 bits per heavy atom. The number of nitrogens with two attached hydrogens (primary N) is 1. The molecule has 0 spiro atoms. The van der Waals surface area contributed by atoms with Crippen LogP contribution in [0.25, 0.3) is 0 Å². The smallest absolute Gasteiger partial charge is 0.109 e. The Hall–Kier alpha value is -1.74. The summed E-state index contributed by atoms with van der Waals surface area (Å²) in [6.45, 7) is 7.42. The van der Waals surface area contributed by atoms with Crippen molar-refractivity contribution in [1.29, 1.82) is 0 Å². The molecule has 1 aromatic carbocycles. The van der Waals surface area contributed by atoms with Gasteiger partial charge >= 0.3 is 0 Å². The summed E-state index contributed by atoms with van der Waals surface area (Å²) in [7, 11) is 0. The first-order chi connectivity index (χ1) is 9.94. The molecule has 1 aromatic heterocycles. The molecular weight excluding hydrogens is 260 g/mol. The third kappa shape index (κ3) is 2.98. The highest BCUT2D eigenvalue weighted by Crippen LogP contribution is 2.42. The molecule has 0 bridgehead atoms. The number of aryl methyl sites for hydroxylation is 1. The van der Waals surface area contributed by atoms with Crippen LogP contribution in [0.1, 0.15) is 49.0 Å². The van der Waals surface area contributed by atoms with Crippen molar-refractivity contribution in [2.45, 2.75) is 46.2 Å². The Bertz CT molecular complexity index is 642. The first-order valence-electron chi connectivity index (χ1n) is 7.60. The maximum atomic E-state index is 6.03. The van der Waals surface area contributed by atoms with Gasteiger partial charge in [0.2, 0.25) is 0 Å². The van der Waals surface area contributed by atoms with E-state index in [1.807, 2.05) is 25.1 Å². The molecule has 0 amide bonds. The fourth-order valence-corrected chi connectivity index (χ4v) is 3.30. The lowest BCUT2D eigenvalue weighted by Crippen LogP contribution is -2.32. The van der Waals surface area contributed by atoms with Gasteiger partial charge in [-0.1, -0.05) is 32.0 Å². The Balaban J connectivity index is 1.80. The van der Waals surface area contributed by atoms with Crippen LogP contribution in [0, 0.1) is 12.3 Å². The second-order valence-electron chi connectivity index (χ2n) is 6.91. The standard InChI is InChI=1S/C18H24N2O/c1-12-8-14-16(9-18(2,3)10-17(14)21-12)20-11-13-6-4-5-7-15(13)19/h4-8,16,20H,9-11,19H2,1-3H3.